The number of hydrogen-bond donors (Lipinski definition) is 10. The van der Waals surface area contributed by atoms with Gasteiger partial charge in [0.15, 0.2) is 17.7 Å². The van der Waals surface area contributed by atoms with E-state index in [9.17, 15) is 57.9 Å². The van der Waals surface area contributed by atoms with Crippen molar-refractivity contribution in [1.82, 2.24) is 30.2 Å². The summed E-state index contributed by atoms with van der Waals surface area (Å²) in [4.78, 5) is 88.7. The summed E-state index contributed by atoms with van der Waals surface area (Å²) in [6, 6.07) is 0. The van der Waals surface area contributed by atoms with Crippen molar-refractivity contribution in [2.24, 2.45) is 5.41 Å². The lowest BCUT2D eigenvalue weighted by molar-refractivity contribution is -0.137. The molecular formula is C29H48N7O17P3S. The van der Waals surface area contributed by atoms with E-state index in [0.29, 0.717) is 18.7 Å². The van der Waals surface area contributed by atoms with E-state index in [-0.39, 0.29) is 41.7 Å². The average Bonchev–Trinajstić information content (AvgIpc) is 3.67. The van der Waals surface area contributed by atoms with Gasteiger partial charge in [0.2, 0.25) is 23.4 Å². The fourth-order valence-corrected chi connectivity index (χ4v) is 8.03. The molecule has 0 aromatic carbocycles. The molecule has 1 aliphatic heterocycles. The fraction of sp³-hybridized carbons (Fsp3) is 0.655. The minimum absolute atomic E-state index is 0.0470. The Morgan fingerprint density at radius 1 is 1.09 bits per heavy atom. The lowest BCUT2D eigenvalue weighted by Crippen LogP contribution is -2.46. The smallest absolute Gasteiger partial charge is 0.386 e. The van der Waals surface area contributed by atoms with Gasteiger partial charge in [-0.1, -0.05) is 39.7 Å². The number of rotatable bonds is 24. The van der Waals surface area contributed by atoms with E-state index in [1.807, 2.05) is 6.92 Å². The monoisotopic (exact) mass is 891 g/mol. The number of aromatic nitrogens is 4. The van der Waals surface area contributed by atoms with Gasteiger partial charge in [-0.15, -0.1) is 0 Å². The molecule has 1 aliphatic rings. The Hall–Kier alpha value is -2.70. The Balaban J connectivity index is 1.70. The van der Waals surface area contributed by atoms with Crippen LogP contribution >= 0.6 is 36.1 Å². The van der Waals surface area contributed by atoms with Crippen LogP contribution in [0.1, 0.15) is 69.7 Å². The van der Waals surface area contributed by atoms with Crippen molar-refractivity contribution in [2.75, 3.05) is 37.8 Å². The molecule has 2 aromatic heterocycles. The summed E-state index contributed by atoms with van der Waals surface area (Å²) in [6.07, 6.45) is -2.01. The third kappa shape index (κ3) is 14.8. The number of nitrogens with zero attached hydrogens (tertiary/aromatic N) is 4. The van der Waals surface area contributed by atoms with Gasteiger partial charge in [0.1, 0.15) is 29.9 Å². The molecule has 0 bridgehead atoms. The minimum atomic E-state index is -5.61. The highest BCUT2D eigenvalue weighted by molar-refractivity contribution is 7.80. The number of anilines is 1. The topological polar surface area (TPSA) is 364 Å². The Morgan fingerprint density at radius 2 is 1.77 bits per heavy atom. The number of thiol groups is 1. The molecule has 0 aliphatic carbocycles. The van der Waals surface area contributed by atoms with Crippen molar-refractivity contribution in [1.29, 1.82) is 0 Å². The number of phosphoric acid groups is 3. The van der Waals surface area contributed by atoms with Gasteiger partial charge in [0.05, 0.1) is 19.5 Å². The van der Waals surface area contributed by atoms with Crippen molar-refractivity contribution < 1.29 is 80.5 Å². The zero-order chi connectivity index (χ0) is 42.8. The van der Waals surface area contributed by atoms with E-state index in [0.717, 1.165) is 30.2 Å². The first-order valence-corrected chi connectivity index (χ1v) is 22.4. The second kappa shape index (κ2) is 21.0. The van der Waals surface area contributed by atoms with Crippen LogP contribution in [0, 0.1) is 5.41 Å². The van der Waals surface area contributed by atoms with Crippen molar-refractivity contribution in [3.8, 4) is 0 Å². The second-order valence-corrected chi connectivity index (χ2v) is 17.9. The number of imidazole rings is 1. The normalized spacial score (nSPS) is 21.6. The molecular weight excluding hydrogens is 843 g/mol. The highest BCUT2D eigenvalue weighted by atomic mass is 32.1. The molecule has 2 unspecified atom stereocenters. The number of amides is 2. The molecule has 1 fully saturated rings. The van der Waals surface area contributed by atoms with Crippen LogP contribution in [0.2, 0.25) is 0 Å². The molecule has 28 heteroatoms. The van der Waals surface area contributed by atoms with Crippen LogP contribution in [0.15, 0.2) is 18.5 Å². The summed E-state index contributed by atoms with van der Waals surface area (Å²) < 4.78 is 62.5. The van der Waals surface area contributed by atoms with Crippen LogP contribution in [0.5, 0.6) is 0 Å². The number of nitrogens with one attached hydrogen (secondary N) is 2. The molecule has 1 saturated heterocycles. The summed E-state index contributed by atoms with van der Waals surface area (Å²) in [7, 11) is -16.5. The van der Waals surface area contributed by atoms with Gasteiger partial charge >= 0.3 is 23.5 Å². The van der Waals surface area contributed by atoms with E-state index < -0.39 is 84.4 Å². The predicted octanol–water partition coefficient (Wildman–Crippen LogP) is 0.654. The molecule has 2 amide bonds. The van der Waals surface area contributed by atoms with Crippen LogP contribution in [-0.4, -0.2) is 123 Å². The van der Waals surface area contributed by atoms with Gasteiger partial charge in [0.25, 0.3) is 0 Å². The van der Waals surface area contributed by atoms with E-state index in [4.69, 9.17) is 24.0 Å². The number of ketones is 1. The van der Waals surface area contributed by atoms with Gasteiger partial charge in [-0.3, -0.25) is 32.5 Å². The highest BCUT2D eigenvalue weighted by Crippen LogP contribution is 2.61. The minimum Gasteiger partial charge on any atom is -0.386 e. The maximum absolute atomic E-state index is 12.8. The SMILES string of the molecule is CCCCCC=CC(=O)c1nc(N)c2ncn([C@@H]3O[C@H](COP(=O)(O)OP(=O)(O)OCC(C)(C)[C@@H](O)C(=O)NCCC(=O)NCCS)[C@@H](OP(=O)(O)O)[C@H]3O)c2n1. The molecule has 0 spiro atoms. The summed E-state index contributed by atoms with van der Waals surface area (Å²) in [5, 5.41) is 26.5. The molecule has 0 saturated carbocycles. The standard InChI is InChI=1S/C29H48N7O17P3S/c1-4-5-6-7-8-9-17(37)25-34-24(30)20-26(35-25)36(16-33-20)28-21(39)22(52-54(42,43)44)18(51-28)14-49-55(45,46)53-56(47,48)50-15-29(2,3)23(40)27(41)32-11-10-19(38)31-12-13-57/h8-9,16,18,21-23,28,39-40,57H,4-7,10-15H2,1-3H3,(H,31,38)(H,32,41)(H,45,46)(H,47,48)(H2,30,34,35)(H2,42,43,44)/t18-,21-,22-,23+,28-/m1/s1. The fourth-order valence-electron chi connectivity index (χ4n) is 5.09. The number of unbranched alkanes of at least 4 members (excludes halogenated alkanes) is 3. The Morgan fingerprint density at radius 3 is 2.42 bits per heavy atom. The molecule has 10 N–H and O–H groups in total. The van der Waals surface area contributed by atoms with Crippen LogP contribution in [0.3, 0.4) is 0 Å². The van der Waals surface area contributed by atoms with Gasteiger partial charge < -0.3 is 50.9 Å². The van der Waals surface area contributed by atoms with Gasteiger partial charge in [-0.05, 0) is 18.9 Å². The lowest BCUT2D eigenvalue weighted by Gasteiger charge is -2.30. The first-order valence-electron chi connectivity index (χ1n) is 17.3. The number of fused-ring (bicyclic) bond motifs is 1. The van der Waals surface area contributed by atoms with Crippen molar-refractivity contribution in [3.63, 3.8) is 0 Å². The van der Waals surface area contributed by atoms with Crippen LogP contribution < -0.4 is 16.4 Å². The van der Waals surface area contributed by atoms with Gasteiger partial charge in [-0.25, -0.2) is 28.6 Å². The molecule has 2 aromatic rings. The van der Waals surface area contributed by atoms with Crippen LogP contribution in [0.4, 0.5) is 5.82 Å². The molecule has 57 heavy (non-hydrogen) atoms. The first-order chi connectivity index (χ1) is 26.5. The predicted molar refractivity (Wildman–Crippen MR) is 201 cm³/mol. The van der Waals surface area contributed by atoms with Crippen molar-refractivity contribution >= 4 is 70.7 Å². The Bertz CT molecular complexity index is 1900. The van der Waals surface area contributed by atoms with Crippen LogP contribution in [0.25, 0.3) is 11.2 Å². The maximum Gasteiger partial charge on any atom is 0.481 e. The number of nitrogens with two attached hydrogens (primary N) is 1. The number of hydrogen-bond acceptors (Lipinski definition) is 18. The zero-order valence-electron chi connectivity index (χ0n) is 31.0. The summed E-state index contributed by atoms with van der Waals surface area (Å²) in [6.45, 7) is 2.62. The van der Waals surface area contributed by atoms with E-state index in [1.54, 1.807) is 6.08 Å². The van der Waals surface area contributed by atoms with Crippen molar-refractivity contribution in [2.45, 2.75) is 83.5 Å². The number of ether oxygens (including phenoxy) is 1. The molecule has 3 rings (SSSR count). The molecule has 3 heterocycles. The van der Waals surface area contributed by atoms with E-state index >= 15 is 0 Å². The van der Waals surface area contributed by atoms with Crippen LogP contribution in [-0.2, 0) is 45.9 Å². The number of allylic oxidation sites excluding steroid dienone is 2. The average molecular weight is 892 g/mol. The highest BCUT2D eigenvalue weighted by Gasteiger charge is 2.50. The lowest BCUT2D eigenvalue weighted by atomic mass is 9.87. The molecule has 0 radical (unpaired) electrons. The quantitative estimate of drug-likeness (QED) is 0.0227. The number of carbonyl (C=O) groups is 3. The van der Waals surface area contributed by atoms with E-state index in [1.165, 1.54) is 19.9 Å². The van der Waals surface area contributed by atoms with Gasteiger partial charge in [0, 0.05) is 30.7 Å². The Kier molecular flexibility index (Phi) is 17.9. The number of aliphatic hydroxyl groups is 2. The third-order valence-corrected chi connectivity index (χ3v) is 11.4. The zero-order valence-corrected chi connectivity index (χ0v) is 34.6. The molecule has 7 atom stereocenters. The number of aliphatic hydroxyl groups excluding tert-OH is 2. The number of nitrogen functional groups attached to an aromatic ring is 1. The van der Waals surface area contributed by atoms with E-state index in [2.05, 4.69) is 42.5 Å². The first kappa shape index (κ1) is 48.7. The molecule has 24 nitrogen and oxygen atoms in total. The largest absolute Gasteiger partial charge is 0.481 e. The maximum atomic E-state index is 12.8. The number of phosphoric ester groups is 3. The van der Waals surface area contributed by atoms with Gasteiger partial charge in [-0.2, -0.15) is 16.9 Å². The van der Waals surface area contributed by atoms with Crippen molar-refractivity contribution in [3.05, 3.63) is 24.3 Å². The number of carbonyl (C=O) groups excluding carboxylic acids is 3. The summed E-state index contributed by atoms with van der Waals surface area (Å²) in [5.41, 5.74) is 4.20. The Labute approximate surface area is 331 Å². The molecule has 322 valence electrons. The second-order valence-electron chi connectivity index (χ2n) is 13.2. The summed E-state index contributed by atoms with van der Waals surface area (Å²) in [5.74, 6) is -2.13. The summed E-state index contributed by atoms with van der Waals surface area (Å²) >= 11 is 3.96. The third-order valence-electron chi connectivity index (χ3n) is 8.04.